The first-order valence-electron chi connectivity index (χ1n) is 5.35. The first kappa shape index (κ1) is 12.5. The molecule has 5 heteroatoms. The Balaban J connectivity index is 2.24. The molecule has 0 aliphatic carbocycles. The molecule has 2 aromatic rings. The van der Waals surface area contributed by atoms with Gasteiger partial charge in [0.15, 0.2) is 0 Å². The van der Waals surface area contributed by atoms with Crippen molar-refractivity contribution in [2.75, 3.05) is 5.88 Å². The van der Waals surface area contributed by atoms with Gasteiger partial charge in [0.05, 0.1) is 0 Å². The van der Waals surface area contributed by atoms with E-state index in [1.807, 2.05) is 6.92 Å². The van der Waals surface area contributed by atoms with Crippen molar-refractivity contribution in [3.63, 3.8) is 0 Å². The van der Waals surface area contributed by atoms with Gasteiger partial charge in [-0.05, 0) is 37.1 Å². The van der Waals surface area contributed by atoms with Gasteiger partial charge in [0, 0.05) is 17.9 Å². The Morgan fingerprint density at radius 3 is 2.88 bits per heavy atom. The van der Waals surface area contributed by atoms with Gasteiger partial charge in [-0.15, -0.1) is 21.8 Å². The lowest BCUT2D eigenvalue weighted by Crippen LogP contribution is -1.85. The summed E-state index contributed by atoms with van der Waals surface area (Å²) in [6.07, 6.45) is 1.75. The monoisotopic (exact) mass is 270 g/mol. The molecule has 1 aromatic carbocycles. The fraction of sp³-hybridized carbons (Fsp3) is 0.333. The number of alkyl halides is 1. The van der Waals surface area contributed by atoms with Crippen LogP contribution in [0.25, 0.3) is 10.6 Å². The molecule has 0 unspecified atom stereocenters. The Kier molecular flexibility index (Phi) is 4.07. The first-order chi connectivity index (χ1) is 8.20. The van der Waals surface area contributed by atoms with Crippen LogP contribution >= 0.6 is 22.9 Å². The summed E-state index contributed by atoms with van der Waals surface area (Å²) in [4.78, 5) is 0. The van der Waals surface area contributed by atoms with E-state index in [0.29, 0.717) is 5.88 Å². The van der Waals surface area contributed by atoms with Crippen LogP contribution in [0.15, 0.2) is 18.2 Å². The maximum absolute atomic E-state index is 13.0. The third-order valence-corrected chi connectivity index (χ3v) is 3.69. The van der Waals surface area contributed by atoms with Crippen LogP contribution in [0.2, 0.25) is 0 Å². The number of benzene rings is 1. The summed E-state index contributed by atoms with van der Waals surface area (Å²) in [5, 5.41) is 10.1. The Morgan fingerprint density at radius 1 is 1.35 bits per heavy atom. The molecule has 1 aromatic heterocycles. The van der Waals surface area contributed by atoms with Gasteiger partial charge in [0.25, 0.3) is 0 Å². The highest BCUT2D eigenvalue weighted by atomic mass is 35.5. The number of aromatic nitrogens is 2. The molecule has 0 spiro atoms. The van der Waals surface area contributed by atoms with Crippen molar-refractivity contribution in [3.8, 4) is 10.6 Å². The molecule has 2 nitrogen and oxygen atoms in total. The topological polar surface area (TPSA) is 25.8 Å². The molecule has 0 N–H and O–H groups in total. The van der Waals surface area contributed by atoms with E-state index >= 15 is 0 Å². The summed E-state index contributed by atoms with van der Waals surface area (Å²) in [5.41, 5.74) is 1.83. The zero-order chi connectivity index (χ0) is 12.3. The molecule has 0 aliphatic heterocycles. The van der Waals surface area contributed by atoms with Gasteiger partial charge in [-0.2, -0.15) is 0 Å². The molecule has 2 rings (SSSR count). The minimum Gasteiger partial charge on any atom is -0.207 e. The zero-order valence-electron chi connectivity index (χ0n) is 9.41. The SMILES string of the molecule is Cc1cc(F)ccc1-c1nnc(CCCCl)s1. The number of hydrogen-bond acceptors (Lipinski definition) is 3. The number of halogens is 2. The molecular weight excluding hydrogens is 259 g/mol. The van der Waals surface area contributed by atoms with Crippen molar-refractivity contribution in [2.45, 2.75) is 19.8 Å². The minimum atomic E-state index is -0.224. The lowest BCUT2D eigenvalue weighted by atomic mass is 10.1. The van der Waals surface area contributed by atoms with E-state index in [1.165, 1.54) is 12.1 Å². The Labute approximate surface area is 108 Å². The highest BCUT2D eigenvalue weighted by Crippen LogP contribution is 2.27. The van der Waals surface area contributed by atoms with E-state index in [0.717, 1.165) is 34.0 Å². The minimum absolute atomic E-state index is 0.224. The lowest BCUT2D eigenvalue weighted by molar-refractivity contribution is 0.627. The molecule has 0 atom stereocenters. The van der Waals surface area contributed by atoms with E-state index in [9.17, 15) is 4.39 Å². The normalized spacial score (nSPS) is 10.8. The Morgan fingerprint density at radius 2 is 2.18 bits per heavy atom. The third kappa shape index (κ3) is 3.01. The molecule has 90 valence electrons. The van der Waals surface area contributed by atoms with Crippen molar-refractivity contribution in [1.82, 2.24) is 10.2 Å². The van der Waals surface area contributed by atoms with Crippen LogP contribution in [0.1, 0.15) is 17.0 Å². The fourth-order valence-electron chi connectivity index (χ4n) is 1.55. The van der Waals surface area contributed by atoms with E-state index < -0.39 is 0 Å². The highest BCUT2D eigenvalue weighted by molar-refractivity contribution is 7.14. The summed E-state index contributed by atoms with van der Waals surface area (Å²) in [6, 6.07) is 4.70. The third-order valence-electron chi connectivity index (χ3n) is 2.41. The van der Waals surface area contributed by atoms with E-state index in [2.05, 4.69) is 10.2 Å². The number of hydrogen-bond donors (Lipinski definition) is 0. The number of aryl methyl sites for hydroxylation is 2. The average Bonchev–Trinajstić information content (AvgIpc) is 2.75. The molecular formula is C12H12ClFN2S. The van der Waals surface area contributed by atoms with Gasteiger partial charge in [0.2, 0.25) is 0 Å². The lowest BCUT2D eigenvalue weighted by Gasteiger charge is -2.00. The van der Waals surface area contributed by atoms with Gasteiger partial charge in [0.1, 0.15) is 15.8 Å². The van der Waals surface area contributed by atoms with Gasteiger partial charge >= 0.3 is 0 Å². The summed E-state index contributed by atoms with van der Waals surface area (Å²) in [7, 11) is 0. The van der Waals surface area contributed by atoms with Crippen LogP contribution in [-0.2, 0) is 6.42 Å². The number of nitrogens with zero attached hydrogens (tertiary/aromatic N) is 2. The summed E-state index contributed by atoms with van der Waals surface area (Å²) in [6.45, 7) is 1.87. The van der Waals surface area contributed by atoms with Crippen LogP contribution in [-0.4, -0.2) is 16.1 Å². The van der Waals surface area contributed by atoms with Crippen molar-refractivity contribution in [3.05, 3.63) is 34.6 Å². The smallest absolute Gasteiger partial charge is 0.148 e. The predicted molar refractivity (Wildman–Crippen MR) is 69.1 cm³/mol. The van der Waals surface area contributed by atoms with Crippen LogP contribution in [0, 0.1) is 12.7 Å². The average molecular weight is 271 g/mol. The Bertz CT molecular complexity index is 513. The summed E-state index contributed by atoms with van der Waals surface area (Å²) in [5.74, 6) is 0.405. The molecule has 0 amide bonds. The van der Waals surface area contributed by atoms with Gasteiger partial charge in [-0.1, -0.05) is 11.3 Å². The zero-order valence-corrected chi connectivity index (χ0v) is 11.0. The van der Waals surface area contributed by atoms with Crippen LogP contribution in [0.5, 0.6) is 0 Å². The molecule has 0 fully saturated rings. The van der Waals surface area contributed by atoms with Gasteiger partial charge < -0.3 is 0 Å². The molecule has 0 bridgehead atoms. The predicted octanol–water partition coefficient (Wildman–Crippen LogP) is 3.82. The summed E-state index contributed by atoms with van der Waals surface area (Å²) >= 11 is 7.18. The largest absolute Gasteiger partial charge is 0.207 e. The first-order valence-corrected chi connectivity index (χ1v) is 6.70. The van der Waals surface area contributed by atoms with Crippen molar-refractivity contribution in [1.29, 1.82) is 0 Å². The quantitative estimate of drug-likeness (QED) is 0.789. The van der Waals surface area contributed by atoms with Crippen molar-refractivity contribution >= 4 is 22.9 Å². The highest BCUT2D eigenvalue weighted by Gasteiger charge is 2.09. The molecule has 0 radical (unpaired) electrons. The molecule has 0 saturated heterocycles. The molecule has 0 saturated carbocycles. The van der Waals surface area contributed by atoms with E-state index in [1.54, 1.807) is 17.4 Å². The second kappa shape index (κ2) is 5.56. The second-order valence-corrected chi connectivity index (χ2v) is 5.19. The maximum Gasteiger partial charge on any atom is 0.148 e. The van der Waals surface area contributed by atoms with Crippen LogP contribution in [0.3, 0.4) is 0 Å². The second-order valence-electron chi connectivity index (χ2n) is 3.75. The van der Waals surface area contributed by atoms with Gasteiger partial charge in [-0.3, -0.25) is 0 Å². The van der Waals surface area contributed by atoms with Crippen LogP contribution in [0.4, 0.5) is 4.39 Å². The summed E-state index contributed by atoms with van der Waals surface area (Å²) < 4.78 is 13.0. The molecule has 1 heterocycles. The molecule has 0 aliphatic rings. The van der Waals surface area contributed by atoms with E-state index in [-0.39, 0.29) is 5.82 Å². The van der Waals surface area contributed by atoms with Crippen molar-refractivity contribution in [2.24, 2.45) is 0 Å². The standard InChI is InChI=1S/C12H12ClFN2S/c1-8-7-9(14)4-5-10(8)12-16-15-11(17-12)3-2-6-13/h4-5,7H,2-3,6H2,1H3. The molecule has 17 heavy (non-hydrogen) atoms. The van der Waals surface area contributed by atoms with Crippen molar-refractivity contribution < 1.29 is 4.39 Å². The van der Waals surface area contributed by atoms with Gasteiger partial charge in [-0.25, -0.2) is 4.39 Å². The maximum atomic E-state index is 13.0. The fourth-order valence-corrected chi connectivity index (χ4v) is 2.65. The Hall–Kier alpha value is -1.00. The van der Waals surface area contributed by atoms with Crippen LogP contribution < -0.4 is 0 Å². The van der Waals surface area contributed by atoms with E-state index in [4.69, 9.17) is 11.6 Å². The number of rotatable bonds is 4.